The molecule has 1 aliphatic rings. The molecule has 1 saturated carbocycles. The summed E-state index contributed by atoms with van der Waals surface area (Å²) in [5.74, 6) is -2.19. The number of hydrogen-bond acceptors (Lipinski definition) is 3. The molecule has 6 heteroatoms. The van der Waals surface area contributed by atoms with Gasteiger partial charge in [-0.1, -0.05) is 6.42 Å². The van der Waals surface area contributed by atoms with E-state index in [1.807, 2.05) is 0 Å². The Bertz CT molecular complexity index is 343. The van der Waals surface area contributed by atoms with E-state index in [2.05, 4.69) is 5.32 Å². The van der Waals surface area contributed by atoms with E-state index in [0.29, 0.717) is 19.4 Å². The molecule has 1 rings (SSSR count). The maximum atomic E-state index is 12.1. The molecule has 6 nitrogen and oxygen atoms in total. The van der Waals surface area contributed by atoms with Gasteiger partial charge in [-0.15, -0.1) is 0 Å². The molecule has 0 aliphatic heterocycles. The molecule has 0 aromatic carbocycles. The molecule has 1 aliphatic carbocycles. The van der Waals surface area contributed by atoms with Crippen LogP contribution in [0.4, 0.5) is 0 Å². The third-order valence-corrected chi connectivity index (χ3v) is 3.48. The number of nitrogens with zero attached hydrogens (tertiary/aromatic N) is 1. The van der Waals surface area contributed by atoms with Crippen LogP contribution in [0.15, 0.2) is 0 Å². The molecule has 0 heterocycles. The third kappa shape index (κ3) is 3.45. The van der Waals surface area contributed by atoms with Gasteiger partial charge in [0, 0.05) is 27.1 Å². The first kappa shape index (κ1) is 14.5. The average Bonchev–Trinajstić information content (AvgIpc) is 2.83. The molecule has 2 N–H and O–H groups in total. The SMILES string of the molecule is CNC(=O)CCN(C)C(=O)C1CCCC1C(=O)O. The summed E-state index contributed by atoms with van der Waals surface area (Å²) in [5, 5.41) is 11.5. The fourth-order valence-electron chi connectivity index (χ4n) is 2.34. The van der Waals surface area contributed by atoms with E-state index in [1.165, 1.54) is 4.90 Å². The van der Waals surface area contributed by atoms with Crippen LogP contribution >= 0.6 is 0 Å². The Hall–Kier alpha value is -1.59. The van der Waals surface area contributed by atoms with Gasteiger partial charge in [0.1, 0.15) is 0 Å². The van der Waals surface area contributed by atoms with Gasteiger partial charge < -0.3 is 15.3 Å². The fourth-order valence-corrected chi connectivity index (χ4v) is 2.34. The summed E-state index contributed by atoms with van der Waals surface area (Å²) in [6.07, 6.45) is 2.20. The van der Waals surface area contributed by atoms with Crippen LogP contribution in [0.2, 0.25) is 0 Å². The van der Waals surface area contributed by atoms with E-state index in [0.717, 1.165) is 6.42 Å². The van der Waals surface area contributed by atoms with Gasteiger partial charge in [0.25, 0.3) is 0 Å². The quantitative estimate of drug-likeness (QED) is 0.729. The molecular formula is C12H20N2O4. The third-order valence-electron chi connectivity index (χ3n) is 3.48. The summed E-state index contributed by atoms with van der Waals surface area (Å²) >= 11 is 0. The van der Waals surface area contributed by atoms with E-state index in [1.54, 1.807) is 14.1 Å². The topological polar surface area (TPSA) is 86.7 Å². The van der Waals surface area contributed by atoms with Crippen molar-refractivity contribution in [1.29, 1.82) is 0 Å². The first-order valence-electron chi connectivity index (χ1n) is 6.15. The highest BCUT2D eigenvalue weighted by Gasteiger charge is 2.38. The van der Waals surface area contributed by atoms with Gasteiger partial charge in [-0.25, -0.2) is 0 Å². The second-order valence-corrected chi connectivity index (χ2v) is 4.67. The standard InChI is InChI=1S/C12H20N2O4/c1-13-10(15)6-7-14(2)11(16)8-4-3-5-9(8)12(17)18/h8-9H,3-7H2,1-2H3,(H,13,15)(H,17,18). The van der Waals surface area contributed by atoms with Gasteiger partial charge in [0.05, 0.1) is 11.8 Å². The molecular weight excluding hydrogens is 236 g/mol. The fraction of sp³-hybridized carbons (Fsp3) is 0.750. The van der Waals surface area contributed by atoms with Crippen LogP contribution in [-0.2, 0) is 14.4 Å². The van der Waals surface area contributed by atoms with Crippen LogP contribution in [0.25, 0.3) is 0 Å². The first-order chi connectivity index (χ1) is 8.47. The Labute approximate surface area is 106 Å². The number of carboxylic acids is 1. The van der Waals surface area contributed by atoms with Gasteiger partial charge in [0.2, 0.25) is 11.8 Å². The highest BCUT2D eigenvalue weighted by molar-refractivity contribution is 5.85. The van der Waals surface area contributed by atoms with Crippen LogP contribution in [0, 0.1) is 11.8 Å². The molecule has 2 unspecified atom stereocenters. The molecule has 0 aromatic heterocycles. The molecule has 18 heavy (non-hydrogen) atoms. The van der Waals surface area contributed by atoms with Gasteiger partial charge in [-0.2, -0.15) is 0 Å². The number of carbonyl (C=O) groups excluding carboxylic acids is 2. The zero-order valence-corrected chi connectivity index (χ0v) is 10.8. The Balaban J connectivity index is 2.52. The zero-order chi connectivity index (χ0) is 13.7. The van der Waals surface area contributed by atoms with Crippen molar-refractivity contribution in [2.75, 3.05) is 20.6 Å². The highest BCUT2D eigenvalue weighted by atomic mass is 16.4. The summed E-state index contributed by atoms with van der Waals surface area (Å²) in [5.41, 5.74) is 0. The summed E-state index contributed by atoms with van der Waals surface area (Å²) < 4.78 is 0. The minimum Gasteiger partial charge on any atom is -0.481 e. The molecule has 0 spiro atoms. The van der Waals surface area contributed by atoms with Crippen LogP contribution in [-0.4, -0.2) is 48.4 Å². The number of nitrogens with one attached hydrogen (secondary N) is 1. The number of carboxylic acid groups (broad SMARTS) is 1. The Morgan fingerprint density at radius 2 is 1.89 bits per heavy atom. The lowest BCUT2D eigenvalue weighted by atomic mass is 9.95. The lowest BCUT2D eigenvalue weighted by Crippen LogP contribution is -2.38. The van der Waals surface area contributed by atoms with Crippen LogP contribution in [0.3, 0.4) is 0 Å². The first-order valence-corrected chi connectivity index (χ1v) is 6.15. The normalized spacial score (nSPS) is 22.6. The van der Waals surface area contributed by atoms with Crippen LogP contribution < -0.4 is 5.32 Å². The molecule has 1 fully saturated rings. The Morgan fingerprint density at radius 1 is 1.28 bits per heavy atom. The Morgan fingerprint density at radius 3 is 2.44 bits per heavy atom. The molecule has 0 saturated heterocycles. The van der Waals surface area contributed by atoms with Crippen molar-refractivity contribution in [2.24, 2.45) is 11.8 Å². The minimum atomic E-state index is -0.898. The smallest absolute Gasteiger partial charge is 0.307 e. The number of hydrogen-bond donors (Lipinski definition) is 2. The second-order valence-electron chi connectivity index (χ2n) is 4.67. The summed E-state index contributed by atoms with van der Waals surface area (Å²) in [6, 6.07) is 0. The molecule has 2 amide bonds. The maximum absolute atomic E-state index is 12.1. The maximum Gasteiger partial charge on any atom is 0.307 e. The lowest BCUT2D eigenvalue weighted by Gasteiger charge is -2.23. The van der Waals surface area contributed by atoms with Crippen LogP contribution in [0.1, 0.15) is 25.7 Å². The van der Waals surface area contributed by atoms with E-state index >= 15 is 0 Å². The number of carbonyl (C=O) groups is 3. The van der Waals surface area contributed by atoms with Crippen molar-refractivity contribution in [3.8, 4) is 0 Å². The second kappa shape index (κ2) is 6.37. The van der Waals surface area contributed by atoms with Crippen molar-refractivity contribution in [3.63, 3.8) is 0 Å². The predicted molar refractivity (Wildman–Crippen MR) is 64.8 cm³/mol. The summed E-state index contributed by atoms with van der Waals surface area (Å²) in [6.45, 7) is 0.321. The lowest BCUT2D eigenvalue weighted by molar-refractivity contribution is -0.148. The molecule has 0 aromatic rings. The average molecular weight is 256 g/mol. The number of aliphatic carboxylic acids is 1. The van der Waals surface area contributed by atoms with Gasteiger partial charge in [-0.3, -0.25) is 14.4 Å². The largest absolute Gasteiger partial charge is 0.481 e. The highest BCUT2D eigenvalue weighted by Crippen LogP contribution is 2.33. The van der Waals surface area contributed by atoms with E-state index < -0.39 is 17.8 Å². The van der Waals surface area contributed by atoms with E-state index in [9.17, 15) is 14.4 Å². The van der Waals surface area contributed by atoms with Crippen LogP contribution in [0.5, 0.6) is 0 Å². The van der Waals surface area contributed by atoms with Gasteiger partial charge >= 0.3 is 5.97 Å². The van der Waals surface area contributed by atoms with Crippen molar-refractivity contribution in [2.45, 2.75) is 25.7 Å². The van der Waals surface area contributed by atoms with Crippen molar-refractivity contribution in [1.82, 2.24) is 10.2 Å². The summed E-state index contributed by atoms with van der Waals surface area (Å²) in [7, 11) is 3.16. The molecule has 0 radical (unpaired) electrons. The minimum absolute atomic E-state index is 0.129. The van der Waals surface area contributed by atoms with E-state index in [4.69, 9.17) is 5.11 Å². The predicted octanol–water partition coefficient (Wildman–Crippen LogP) is 0.0818. The van der Waals surface area contributed by atoms with E-state index in [-0.39, 0.29) is 18.2 Å². The van der Waals surface area contributed by atoms with Gasteiger partial charge in [-0.05, 0) is 12.8 Å². The van der Waals surface area contributed by atoms with Crippen molar-refractivity contribution in [3.05, 3.63) is 0 Å². The molecule has 0 bridgehead atoms. The molecule has 102 valence electrons. The van der Waals surface area contributed by atoms with Gasteiger partial charge in [0.15, 0.2) is 0 Å². The Kier molecular flexibility index (Phi) is 5.12. The summed E-state index contributed by atoms with van der Waals surface area (Å²) in [4.78, 5) is 35.7. The van der Waals surface area contributed by atoms with Crippen molar-refractivity contribution >= 4 is 17.8 Å². The molecule has 2 atom stereocenters. The van der Waals surface area contributed by atoms with Crippen molar-refractivity contribution < 1.29 is 19.5 Å². The monoisotopic (exact) mass is 256 g/mol. The zero-order valence-electron chi connectivity index (χ0n) is 10.8. The number of rotatable bonds is 5. The number of amides is 2.